The number of esters is 1. The topological polar surface area (TPSA) is 35.5 Å². The Morgan fingerprint density at radius 3 is 2.88 bits per heavy atom. The Morgan fingerprint density at radius 1 is 1.29 bits per heavy atom. The fraction of sp³-hybridized carbons (Fsp3) is 0.286. The molecule has 0 radical (unpaired) electrons. The maximum atomic E-state index is 11.3. The molecule has 1 heterocycles. The molecule has 3 heteroatoms. The number of hydrogen-bond donors (Lipinski definition) is 0. The molecule has 0 bridgehead atoms. The highest BCUT2D eigenvalue weighted by molar-refractivity contribution is 5.71. The third-order valence-electron chi connectivity index (χ3n) is 3.74. The minimum Gasteiger partial charge on any atom is -0.488 e. The number of para-hydroxylation sites is 1. The molecule has 1 aromatic carbocycles. The molecule has 0 unspecified atom stereocenters. The first kappa shape index (κ1) is 17.8. The molecular weight excluding hydrogens is 300 g/mol. The molecule has 1 aliphatic rings. The molecule has 24 heavy (non-hydrogen) atoms. The van der Waals surface area contributed by atoms with Gasteiger partial charge in [-0.05, 0) is 44.1 Å². The van der Waals surface area contributed by atoms with Gasteiger partial charge in [0.15, 0.2) is 0 Å². The zero-order valence-electron chi connectivity index (χ0n) is 14.5. The molecule has 2 rings (SSSR count). The zero-order valence-corrected chi connectivity index (χ0v) is 14.5. The fourth-order valence-electron chi connectivity index (χ4n) is 2.33. The summed E-state index contributed by atoms with van der Waals surface area (Å²) < 4.78 is 10.7. The molecule has 0 saturated heterocycles. The summed E-state index contributed by atoms with van der Waals surface area (Å²) in [4.78, 5) is 11.3. The van der Waals surface area contributed by atoms with Crippen LogP contribution in [0.2, 0.25) is 0 Å². The number of ether oxygens (including phenoxy) is 2. The van der Waals surface area contributed by atoms with Gasteiger partial charge >= 0.3 is 5.97 Å². The largest absolute Gasteiger partial charge is 0.488 e. The van der Waals surface area contributed by atoms with Gasteiger partial charge in [0.25, 0.3) is 0 Å². The van der Waals surface area contributed by atoms with Gasteiger partial charge in [-0.1, -0.05) is 48.1 Å². The third kappa shape index (κ3) is 5.27. The van der Waals surface area contributed by atoms with Crippen LogP contribution < -0.4 is 4.74 Å². The lowest BCUT2D eigenvalue weighted by Crippen LogP contribution is -2.07. The first-order valence-corrected chi connectivity index (χ1v) is 8.20. The average molecular weight is 324 g/mol. The second-order valence-electron chi connectivity index (χ2n) is 5.66. The summed E-state index contributed by atoms with van der Waals surface area (Å²) in [5.41, 5.74) is 4.48. The molecule has 126 valence electrons. The Labute approximate surface area is 144 Å². The van der Waals surface area contributed by atoms with Crippen LogP contribution in [0.1, 0.15) is 32.8 Å². The van der Waals surface area contributed by atoms with Crippen molar-refractivity contribution in [3.8, 4) is 5.75 Å². The second kappa shape index (κ2) is 8.92. The van der Waals surface area contributed by atoms with E-state index in [1.807, 2.05) is 50.3 Å². The van der Waals surface area contributed by atoms with Gasteiger partial charge in [-0.25, -0.2) is 0 Å². The van der Waals surface area contributed by atoms with Crippen molar-refractivity contribution in [3.05, 3.63) is 70.9 Å². The van der Waals surface area contributed by atoms with E-state index in [-0.39, 0.29) is 5.97 Å². The lowest BCUT2D eigenvalue weighted by molar-refractivity contribution is -0.142. The van der Waals surface area contributed by atoms with E-state index < -0.39 is 0 Å². The van der Waals surface area contributed by atoms with Gasteiger partial charge in [-0.2, -0.15) is 0 Å². The highest BCUT2D eigenvalue weighted by Crippen LogP contribution is 2.28. The van der Waals surface area contributed by atoms with E-state index in [1.165, 1.54) is 11.1 Å². The van der Waals surface area contributed by atoms with Gasteiger partial charge in [0.05, 0.1) is 13.0 Å². The summed E-state index contributed by atoms with van der Waals surface area (Å²) in [5, 5.41) is 0. The summed E-state index contributed by atoms with van der Waals surface area (Å²) in [6.07, 6.45) is 10.4. The fourth-order valence-corrected chi connectivity index (χ4v) is 2.33. The monoisotopic (exact) mass is 324 g/mol. The van der Waals surface area contributed by atoms with Crippen LogP contribution in [-0.4, -0.2) is 19.2 Å². The van der Waals surface area contributed by atoms with Crippen LogP contribution in [0.4, 0.5) is 0 Å². The Kier molecular flexibility index (Phi) is 6.62. The molecular formula is C21H24O3. The molecule has 0 atom stereocenters. The van der Waals surface area contributed by atoms with Gasteiger partial charge in [-0.3, -0.25) is 4.79 Å². The van der Waals surface area contributed by atoms with Crippen LogP contribution in [0.5, 0.6) is 5.75 Å². The minimum atomic E-state index is -0.194. The van der Waals surface area contributed by atoms with Crippen LogP contribution >= 0.6 is 0 Å². The molecule has 0 spiro atoms. The molecule has 3 nitrogen and oxygen atoms in total. The van der Waals surface area contributed by atoms with Gasteiger partial charge in [-0.15, -0.1) is 0 Å². The molecule has 0 fully saturated rings. The van der Waals surface area contributed by atoms with E-state index in [9.17, 15) is 4.79 Å². The van der Waals surface area contributed by atoms with Crippen LogP contribution in [0.3, 0.4) is 0 Å². The summed E-state index contributed by atoms with van der Waals surface area (Å²) in [6.45, 7) is 6.86. The highest BCUT2D eigenvalue weighted by Gasteiger charge is 2.11. The normalized spacial score (nSPS) is 14.9. The Balaban J connectivity index is 1.98. The Hall–Kier alpha value is -2.55. The number of hydrogen-bond acceptors (Lipinski definition) is 3. The molecule has 0 N–H and O–H groups in total. The van der Waals surface area contributed by atoms with Crippen LogP contribution in [0.15, 0.2) is 65.3 Å². The van der Waals surface area contributed by atoms with Crippen molar-refractivity contribution in [2.24, 2.45) is 0 Å². The molecule has 0 aliphatic carbocycles. The first-order valence-electron chi connectivity index (χ1n) is 8.20. The van der Waals surface area contributed by atoms with E-state index in [4.69, 9.17) is 9.47 Å². The molecule has 1 aromatic rings. The van der Waals surface area contributed by atoms with E-state index in [0.717, 1.165) is 16.9 Å². The predicted molar refractivity (Wildman–Crippen MR) is 97.8 cm³/mol. The maximum absolute atomic E-state index is 11.3. The van der Waals surface area contributed by atoms with Crippen molar-refractivity contribution >= 4 is 12.0 Å². The summed E-state index contributed by atoms with van der Waals surface area (Å²) >= 11 is 0. The number of carbonyl (C=O) groups is 1. The number of benzene rings is 1. The Morgan fingerprint density at radius 2 is 2.08 bits per heavy atom. The van der Waals surface area contributed by atoms with Crippen LogP contribution in [0, 0.1) is 0 Å². The molecule has 0 saturated carbocycles. The van der Waals surface area contributed by atoms with E-state index in [2.05, 4.69) is 25.1 Å². The van der Waals surface area contributed by atoms with E-state index in [1.54, 1.807) is 0 Å². The van der Waals surface area contributed by atoms with Crippen molar-refractivity contribution in [1.29, 1.82) is 0 Å². The smallest absolute Gasteiger partial charge is 0.309 e. The van der Waals surface area contributed by atoms with E-state index in [0.29, 0.717) is 19.6 Å². The van der Waals surface area contributed by atoms with Crippen molar-refractivity contribution in [3.63, 3.8) is 0 Å². The summed E-state index contributed by atoms with van der Waals surface area (Å²) in [7, 11) is 0. The number of allylic oxidation sites excluding steroid dienone is 4. The second-order valence-corrected chi connectivity index (χ2v) is 5.66. The number of carbonyl (C=O) groups excluding carboxylic acids is 1. The third-order valence-corrected chi connectivity index (χ3v) is 3.74. The molecule has 0 amide bonds. The SMILES string of the molecule is CCOC(=O)CC=C(C)C=CC=C(C)C1=Cc2ccccc2OC1. The van der Waals surface area contributed by atoms with E-state index >= 15 is 0 Å². The van der Waals surface area contributed by atoms with Gasteiger partial charge in [0, 0.05) is 5.56 Å². The van der Waals surface area contributed by atoms with Crippen molar-refractivity contribution in [1.82, 2.24) is 0 Å². The first-order chi connectivity index (χ1) is 11.6. The maximum Gasteiger partial charge on any atom is 0.309 e. The Bertz CT molecular complexity index is 706. The summed E-state index contributed by atoms with van der Waals surface area (Å²) in [6, 6.07) is 8.03. The lowest BCUT2D eigenvalue weighted by atomic mass is 10.0. The quantitative estimate of drug-likeness (QED) is 0.553. The van der Waals surface area contributed by atoms with Crippen molar-refractivity contribution in [2.75, 3.05) is 13.2 Å². The van der Waals surface area contributed by atoms with Crippen LogP contribution in [0.25, 0.3) is 6.08 Å². The zero-order chi connectivity index (χ0) is 17.4. The van der Waals surface area contributed by atoms with Gasteiger partial charge in [0.2, 0.25) is 0 Å². The number of fused-ring (bicyclic) bond motifs is 1. The van der Waals surface area contributed by atoms with Crippen molar-refractivity contribution < 1.29 is 14.3 Å². The predicted octanol–water partition coefficient (Wildman–Crippen LogP) is 4.86. The molecule has 0 aromatic heterocycles. The molecule has 1 aliphatic heterocycles. The van der Waals surface area contributed by atoms with Crippen LogP contribution in [-0.2, 0) is 9.53 Å². The highest BCUT2D eigenvalue weighted by atomic mass is 16.5. The average Bonchev–Trinajstić information content (AvgIpc) is 2.59. The minimum absolute atomic E-state index is 0.194. The standard InChI is InChI=1S/C21H24O3/c1-4-23-21(22)13-12-16(2)8-7-9-17(3)19-14-18-10-5-6-11-20(18)24-15-19/h5-12,14H,4,13,15H2,1-3H3. The lowest BCUT2D eigenvalue weighted by Gasteiger charge is -2.18. The van der Waals surface area contributed by atoms with Gasteiger partial charge < -0.3 is 9.47 Å². The van der Waals surface area contributed by atoms with Gasteiger partial charge in [0.1, 0.15) is 12.4 Å². The summed E-state index contributed by atoms with van der Waals surface area (Å²) in [5.74, 6) is 0.738. The van der Waals surface area contributed by atoms with Crippen molar-refractivity contribution in [2.45, 2.75) is 27.2 Å². The number of rotatable bonds is 6.